The summed E-state index contributed by atoms with van der Waals surface area (Å²) < 4.78 is 1.53. The van der Waals surface area contributed by atoms with Gasteiger partial charge in [-0.25, -0.2) is 9.67 Å². The van der Waals surface area contributed by atoms with E-state index in [-0.39, 0.29) is 0 Å². The second-order valence-electron chi connectivity index (χ2n) is 1.25. The maximum absolute atomic E-state index is 3.76. The van der Waals surface area contributed by atoms with Gasteiger partial charge in [0.1, 0.15) is 19.0 Å². The molecule has 1 aromatic rings. The van der Waals surface area contributed by atoms with E-state index in [0.717, 1.165) is 0 Å². The molecule has 0 unspecified atom stereocenters. The van der Waals surface area contributed by atoms with Gasteiger partial charge in [0.2, 0.25) is 0 Å². The molecule has 0 atom stereocenters. The van der Waals surface area contributed by atoms with Crippen LogP contribution in [0.3, 0.4) is 0 Å². The van der Waals surface area contributed by atoms with Gasteiger partial charge in [0.15, 0.2) is 0 Å². The van der Waals surface area contributed by atoms with Crippen LogP contribution in [0.25, 0.3) is 0 Å². The molecule has 0 saturated carbocycles. The molecule has 0 aliphatic heterocycles. The molecule has 4 nitrogen and oxygen atoms in total. The summed E-state index contributed by atoms with van der Waals surface area (Å²) in [5, 5.41) is 3.76. The lowest BCUT2D eigenvalue weighted by molar-refractivity contribution is 0.952. The topological polar surface area (TPSA) is 43.1 Å². The Kier molecular flexibility index (Phi) is 1.37. The average molecular weight is 110 g/mol. The number of aliphatic imine (C=N–C) groups is 1. The molecule has 0 saturated heterocycles. The summed E-state index contributed by atoms with van der Waals surface area (Å²) in [6.07, 6.45) is 4.61. The van der Waals surface area contributed by atoms with Crippen LogP contribution >= 0.6 is 0 Å². The van der Waals surface area contributed by atoms with E-state index in [0.29, 0.717) is 0 Å². The number of aromatic nitrogens is 3. The van der Waals surface area contributed by atoms with E-state index in [1.54, 1.807) is 19.7 Å². The minimum atomic E-state index is 1.46. The molecule has 1 rings (SSSR count). The minimum absolute atomic E-state index is 1.46. The zero-order chi connectivity index (χ0) is 5.82. The van der Waals surface area contributed by atoms with Crippen LogP contribution in [0.1, 0.15) is 0 Å². The summed E-state index contributed by atoms with van der Waals surface area (Å²) >= 11 is 0. The fourth-order valence-electron chi connectivity index (χ4n) is 0.395. The summed E-state index contributed by atoms with van der Waals surface area (Å²) in [6, 6.07) is 0. The third-order valence-corrected chi connectivity index (χ3v) is 0.670. The maximum Gasteiger partial charge on any atom is 0.138 e. The minimum Gasteiger partial charge on any atom is -0.277 e. The van der Waals surface area contributed by atoms with Gasteiger partial charge >= 0.3 is 0 Å². The molecule has 8 heavy (non-hydrogen) atoms. The van der Waals surface area contributed by atoms with Gasteiger partial charge in [-0.3, -0.25) is 4.99 Å². The Bertz CT molecular complexity index is 164. The van der Waals surface area contributed by atoms with E-state index in [1.807, 2.05) is 0 Å². The fourth-order valence-corrected chi connectivity index (χ4v) is 0.395. The van der Waals surface area contributed by atoms with Crippen LogP contribution in [0.4, 0.5) is 0 Å². The highest BCUT2D eigenvalue weighted by Gasteiger charge is 1.77. The lowest BCUT2D eigenvalue weighted by Gasteiger charge is -1.80. The van der Waals surface area contributed by atoms with E-state index in [4.69, 9.17) is 0 Å². The first kappa shape index (κ1) is 4.96. The van der Waals surface area contributed by atoms with Crippen LogP contribution in [-0.2, 0) is 0 Å². The van der Waals surface area contributed by atoms with Crippen molar-refractivity contribution >= 4 is 6.34 Å². The Hall–Kier alpha value is -1.19. The summed E-state index contributed by atoms with van der Waals surface area (Å²) in [7, 11) is 1.68. The molecule has 0 aromatic carbocycles. The molecule has 0 bridgehead atoms. The zero-order valence-electron chi connectivity index (χ0n) is 4.52. The molecule has 0 fully saturated rings. The van der Waals surface area contributed by atoms with E-state index in [9.17, 15) is 0 Å². The first-order valence-corrected chi connectivity index (χ1v) is 2.20. The fraction of sp³-hybridized carbons (Fsp3) is 0.250. The highest BCUT2D eigenvalue weighted by atomic mass is 15.3. The van der Waals surface area contributed by atoms with Crippen molar-refractivity contribution in [2.75, 3.05) is 7.05 Å². The zero-order valence-corrected chi connectivity index (χ0v) is 4.52. The molecule has 0 radical (unpaired) electrons. The van der Waals surface area contributed by atoms with Crippen LogP contribution in [0.15, 0.2) is 17.6 Å². The predicted octanol–water partition coefficient (Wildman–Crippen LogP) is -0.216. The SMILES string of the molecule is CN=Cn1cncn1. The Morgan fingerprint density at radius 1 is 1.75 bits per heavy atom. The second-order valence-corrected chi connectivity index (χ2v) is 1.25. The van der Waals surface area contributed by atoms with Crippen molar-refractivity contribution in [3.63, 3.8) is 0 Å². The largest absolute Gasteiger partial charge is 0.277 e. The average Bonchev–Trinajstić information content (AvgIpc) is 2.19. The predicted molar refractivity (Wildman–Crippen MR) is 29.8 cm³/mol. The van der Waals surface area contributed by atoms with Crippen LogP contribution in [0, 0.1) is 0 Å². The number of nitrogens with zero attached hydrogens (tertiary/aromatic N) is 4. The van der Waals surface area contributed by atoms with Crippen molar-refractivity contribution in [2.45, 2.75) is 0 Å². The Morgan fingerprint density at radius 3 is 3.12 bits per heavy atom. The van der Waals surface area contributed by atoms with Gasteiger partial charge < -0.3 is 0 Å². The van der Waals surface area contributed by atoms with E-state index in [2.05, 4.69) is 15.1 Å². The molecule has 4 heteroatoms. The molecule has 0 amide bonds. The van der Waals surface area contributed by atoms with Crippen molar-refractivity contribution in [2.24, 2.45) is 4.99 Å². The first-order valence-electron chi connectivity index (χ1n) is 2.20. The van der Waals surface area contributed by atoms with E-state index < -0.39 is 0 Å². The summed E-state index contributed by atoms with van der Waals surface area (Å²) in [5.41, 5.74) is 0. The quantitative estimate of drug-likeness (QED) is 0.370. The molecule has 0 aliphatic rings. The molecule has 1 aromatic heterocycles. The van der Waals surface area contributed by atoms with Gasteiger partial charge in [-0.05, 0) is 0 Å². The van der Waals surface area contributed by atoms with Gasteiger partial charge in [-0.1, -0.05) is 0 Å². The van der Waals surface area contributed by atoms with Crippen LogP contribution < -0.4 is 0 Å². The van der Waals surface area contributed by atoms with E-state index >= 15 is 0 Å². The van der Waals surface area contributed by atoms with Crippen molar-refractivity contribution in [3.05, 3.63) is 12.7 Å². The smallest absolute Gasteiger partial charge is 0.138 e. The molecular formula is C4H6N4. The van der Waals surface area contributed by atoms with Crippen molar-refractivity contribution < 1.29 is 0 Å². The Balaban J connectivity index is 2.77. The summed E-state index contributed by atoms with van der Waals surface area (Å²) in [6.45, 7) is 0. The highest BCUT2D eigenvalue weighted by molar-refractivity contribution is 5.55. The lowest BCUT2D eigenvalue weighted by atomic mass is 11.1. The van der Waals surface area contributed by atoms with Crippen LogP contribution in [0.2, 0.25) is 0 Å². The van der Waals surface area contributed by atoms with Crippen LogP contribution in [0.5, 0.6) is 0 Å². The normalized spacial score (nSPS) is 10.6. The number of hydrogen-bond acceptors (Lipinski definition) is 3. The van der Waals surface area contributed by atoms with Crippen molar-refractivity contribution in [1.29, 1.82) is 0 Å². The Labute approximate surface area is 46.9 Å². The first-order chi connectivity index (χ1) is 3.93. The van der Waals surface area contributed by atoms with Crippen LogP contribution in [-0.4, -0.2) is 28.2 Å². The standard InChI is InChI=1S/C4H6N4/c1-5-3-8-4-6-2-7-8/h2-4H,1H3. The summed E-state index contributed by atoms with van der Waals surface area (Å²) in [4.78, 5) is 7.42. The highest BCUT2D eigenvalue weighted by Crippen LogP contribution is 1.68. The molecule has 0 spiro atoms. The number of rotatable bonds is 1. The number of hydrogen-bond donors (Lipinski definition) is 0. The maximum atomic E-state index is 3.76. The van der Waals surface area contributed by atoms with E-state index in [1.165, 1.54) is 11.0 Å². The molecule has 1 heterocycles. The molecule has 0 N–H and O–H groups in total. The molecule has 0 aliphatic carbocycles. The second kappa shape index (κ2) is 2.20. The van der Waals surface area contributed by atoms with Crippen molar-refractivity contribution in [3.8, 4) is 0 Å². The lowest BCUT2D eigenvalue weighted by Crippen LogP contribution is -1.93. The third kappa shape index (κ3) is 0.900. The van der Waals surface area contributed by atoms with Gasteiger partial charge in [0, 0.05) is 7.05 Å². The molecule has 42 valence electrons. The summed E-state index contributed by atoms with van der Waals surface area (Å²) in [5.74, 6) is 0. The third-order valence-electron chi connectivity index (χ3n) is 0.670. The van der Waals surface area contributed by atoms with Gasteiger partial charge in [-0.15, -0.1) is 0 Å². The van der Waals surface area contributed by atoms with Gasteiger partial charge in [-0.2, -0.15) is 5.10 Å². The molecular weight excluding hydrogens is 104 g/mol. The van der Waals surface area contributed by atoms with Crippen molar-refractivity contribution in [1.82, 2.24) is 14.8 Å². The monoisotopic (exact) mass is 110 g/mol. The van der Waals surface area contributed by atoms with Gasteiger partial charge in [0.25, 0.3) is 0 Å². The Morgan fingerprint density at radius 2 is 2.62 bits per heavy atom. The van der Waals surface area contributed by atoms with Gasteiger partial charge in [0.05, 0.1) is 0 Å².